The molecule has 0 amide bonds. The predicted molar refractivity (Wildman–Crippen MR) is 78.9 cm³/mol. The van der Waals surface area contributed by atoms with Crippen LogP contribution in [0.25, 0.3) is 0 Å². The minimum Gasteiger partial charge on any atom is -0.474 e. The highest BCUT2D eigenvalue weighted by molar-refractivity contribution is 14.1. The van der Waals surface area contributed by atoms with E-state index in [4.69, 9.17) is 4.74 Å². The van der Waals surface area contributed by atoms with E-state index in [0.29, 0.717) is 11.8 Å². The van der Waals surface area contributed by atoms with Gasteiger partial charge in [0.15, 0.2) is 0 Å². The molecular weight excluding hydrogens is 315 g/mol. The van der Waals surface area contributed by atoms with Gasteiger partial charge in [-0.3, -0.25) is 0 Å². The maximum atomic E-state index is 5.69. The van der Waals surface area contributed by atoms with Crippen LogP contribution < -0.4 is 5.32 Å². The Morgan fingerprint density at radius 3 is 2.25 bits per heavy atom. The number of nitrogens with zero attached hydrogens (tertiary/aromatic N) is 1. The number of rotatable bonds is 4. The molecular formula is C12H23IN2O. The fraction of sp³-hybridized carbons (Fsp3) is 0.750. The van der Waals surface area contributed by atoms with Crippen LogP contribution in [0, 0.1) is 5.92 Å². The Labute approximate surface area is 113 Å². The molecule has 0 aromatic carbocycles. The van der Waals surface area contributed by atoms with Crippen molar-refractivity contribution in [2.24, 2.45) is 9.12 Å². The number of hydrogen-bond acceptors (Lipinski definition) is 3. The second kappa shape index (κ2) is 7.14. The van der Waals surface area contributed by atoms with Gasteiger partial charge in [-0.25, -0.2) is 0 Å². The summed E-state index contributed by atoms with van der Waals surface area (Å²) in [5.41, 5.74) is 0.0660. The first-order chi connectivity index (χ1) is 7.26. The molecule has 0 fully saturated rings. The van der Waals surface area contributed by atoms with Gasteiger partial charge >= 0.3 is 0 Å². The van der Waals surface area contributed by atoms with Gasteiger partial charge in [-0.2, -0.15) is 3.21 Å². The van der Waals surface area contributed by atoms with Crippen LogP contribution in [0.1, 0.15) is 41.5 Å². The van der Waals surface area contributed by atoms with Gasteiger partial charge in [0.1, 0.15) is 0 Å². The van der Waals surface area contributed by atoms with Crippen LogP contribution in [0.4, 0.5) is 0 Å². The summed E-state index contributed by atoms with van der Waals surface area (Å²) in [5, 5.41) is 3.24. The van der Waals surface area contributed by atoms with E-state index in [1.165, 1.54) is 0 Å². The third kappa shape index (κ3) is 7.96. The Balaban J connectivity index is 4.23. The van der Waals surface area contributed by atoms with Crippen LogP contribution in [0.5, 0.6) is 0 Å². The lowest BCUT2D eigenvalue weighted by atomic mass is 10.1. The molecule has 0 aliphatic heterocycles. The van der Waals surface area contributed by atoms with Crippen LogP contribution in [0.3, 0.4) is 0 Å². The molecule has 0 spiro atoms. The average molecular weight is 338 g/mol. The minimum absolute atomic E-state index is 0.0660. The zero-order valence-corrected chi connectivity index (χ0v) is 13.2. The number of hydrogen-bond donors (Lipinski definition) is 1. The first-order valence-electron chi connectivity index (χ1n) is 5.56. The van der Waals surface area contributed by atoms with E-state index in [0.717, 1.165) is 0 Å². The monoisotopic (exact) mass is 338 g/mol. The Morgan fingerprint density at radius 2 is 1.88 bits per heavy atom. The molecule has 94 valence electrons. The Bertz CT molecular complexity index is 254. The maximum absolute atomic E-state index is 5.69. The third-order valence-corrected chi connectivity index (χ3v) is 2.55. The molecule has 4 heteroatoms. The smallest absolute Gasteiger partial charge is 0.220 e. The molecule has 16 heavy (non-hydrogen) atoms. The SMILES string of the molecule is CC(C)[C@@H](C)OC(/C=C\NC(C)(C)C)=N/I. The summed E-state index contributed by atoms with van der Waals surface area (Å²) in [5.74, 6) is 1.13. The molecule has 0 radical (unpaired) electrons. The van der Waals surface area contributed by atoms with Crippen molar-refractivity contribution in [3.8, 4) is 0 Å². The summed E-state index contributed by atoms with van der Waals surface area (Å²) in [6, 6.07) is 0. The van der Waals surface area contributed by atoms with Gasteiger partial charge in [-0.1, -0.05) is 13.8 Å². The van der Waals surface area contributed by atoms with E-state index in [1.807, 2.05) is 35.1 Å². The Kier molecular flexibility index (Phi) is 7.03. The molecule has 0 aliphatic carbocycles. The minimum atomic E-state index is 0.0660. The second-order valence-corrected chi connectivity index (χ2v) is 5.70. The van der Waals surface area contributed by atoms with Crippen LogP contribution in [-0.2, 0) is 4.74 Å². The van der Waals surface area contributed by atoms with Crippen molar-refractivity contribution in [1.82, 2.24) is 5.32 Å². The molecule has 0 saturated heterocycles. The number of ether oxygens (including phenoxy) is 1. The summed E-state index contributed by atoms with van der Waals surface area (Å²) >= 11 is 1.95. The molecule has 0 aliphatic rings. The molecule has 3 nitrogen and oxygen atoms in total. The van der Waals surface area contributed by atoms with Crippen LogP contribution >= 0.6 is 22.9 Å². The lowest BCUT2D eigenvalue weighted by molar-refractivity contribution is 0.160. The van der Waals surface area contributed by atoms with E-state index in [-0.39, 0.29) is 11.6 Å². The highest BCUT2D eigenvalue weighted by Gasteiger charge is 2.10. The van der Waals surface area contributed by atoms with Gasteiger partial charge in [0.2, 0.25) is 5.90 Å². The average Bonchev–Trinajstić information content (AvgIpc) is 2.13. The maximum Gasteiger partial charge on any atom is 0.220 e. The Hall–Kier alpha value is -0.260. The normalized spacial score (nSPS) is 15.6. The quantitative estimate of drug-likeness (QED) is 0.482. The molecule has 0 unspecified atom stereocenters. The first kappa shape index (κ1) is 15.7. The molecule has 1 N–H and O–H groups in total. The van der Waals surface area contributed by atoms with Crippen LogP contribution in [0.15, 0.2) is 15.5 Å². The molecule has 0 aromatic heterocycles. The van der Waals surface area contributed by atoms with Crippen molar-refractivity contribution in [1.29, 1.82) is 0 Å². The van der Waals surface area contributed by atoms with Gasteiger partial charge in [0, 0.05) is 17.8 Å². The standard InChI is InChI=1S/C12H23IN2O/c1-9(2)10(3)16-11(15-13)7-8-14-12(4,5)6/h7-10,14H,1-6H3/b8-7-,15-11+/t10-/m1/s1. The summed E-state index contributed by atoms with van der Waals surface area (Å²) in [6.45, 7) is 12.6. The lowest BCUT2D eigenvalue weighted by Gasteiger charge is -2.19. The summed E-state index contributed by atoms with van der Waals surface area (Å²) in [7, 11) is 0. The van der Waals surface area contributed by atoms with Gasteiger partial charge in [0.05, 0.1) is 29.0 Å². The molecule has 0 bridgehead atoms. The van der Waals surface area contributed by atoms with E-state index < -0.39 is 0 Å². The van der Waals surface area contributed by atoms with Crippen molar-refractivity contribution in [3.63, 3.8) is 0 Å². The van der Waals surface area contributed by atoms with Gasteiger partial charge in [-0.05, 0) is 33.6 Å². The summed E-state index contributed by atoms with van der Waals surface area (Å²) < 4.78 is 9.76. The van der Waals surface area contributed by atoms with Crippen molar-refractivity contribution >= 4 is 28.8 Å². The highest BCUT2D eigenvalue weighted by Crippen LogP contribution is 2.07. The first-order valence-corrected chi connectivity index (χ1v) is 6.52. The van der Waals surface area contributed by atoms with Crippen molar-refractivity contribution in [2.45, 2.75) is 53.2 Å². The molecule has 0 heterocycles. The fourth-order valence-corrected chi connectivity index (χ4v) is 1.05. The van der Waals surface area contributed by atoms with E-state index >= 15 is 0 Å². The number of halogens is 1. The summed E-state index contributed by atoms with van der Waals surface area (Å²) in [4.78, 5) is 0. The topological polar surface area (TPSA) is 33.6 Å². The highest BCUT2D eigenvalue weighted by atomic mass is 127. The van der Waals surface area contributed by atoms with Crippen molar-refractivity contribution in [3.05, 3.63) is 12.3 Å². The molecule has 1 atom stereocenters. The fourth-order valence-electron chi connectivity index (χ4n) is 0.777. The summed E-state index contributed by atoms with van der Waals surface area (Å²) in [6.07, 6.45) is 3.91. The van der Waals surface area contributed by atoms with Crippen LogP contribution in [0.2, 0.25) is 0 Å². The predicted octanol–water partition coefficient (Wildman–Crippen LogP) is 3.70. The number of nitrogens with one attached hydrogen (secondary N) is 1. The zero-order chi connectivity index (χ0) is 12.8. The van der Waals surface area contributed by atoms with E-state index in [1.54, 1.807) is 0 Å². The zero-order valence-electron chi connectivity index (χ0n) is 11.0. The van der Waals surface area contributed by atoms with E-state index in [2.05, 4.69) is 50.1 Å². The van der Waals surface area contributed by atoms with Crippen molar-refractivity contribution in [2.75, 3.05) is 0 Å². The second-order valence-electron chi connectivity index (χ2n) is 5.22. The van der Waals surface area contributed by atoms with Gasteiger partial charge in [0.25, 0.3) is 0 Å². The van der Waals surface area contributed by atoms with Gasteiger partial charge < -0.3 is 10.1 Å². The van der Waals surface area contributed by atoms with Gasteiger partial charge in [-0.15, -0.1) is 0 Å². The molecule has 0 rings (SSSR count). The lowest BCUT2D eigenvalue weighted by Crippen LogP contribution is -2.31. The molecule has 0 aromatic rings. The van der Waals surface area contributed by atoms with E-state index in [9.17, 15) is 0 Å². The van der Waals surface area contributed by atoms with Crippen LogP contribution in [-0.4, -0.2) is 17.5 Å². The Morgan fingerprint density at radius 1 is 1.31 bits per heavy atom. The third-order valence-electron chi connectivity index (χ3n) is 2.07. The molecule has 0 saturated carbocycles. The largest absolute Gasteiger partial charge is 0.474 e. The van der Waals surface area contributed by atoms with Crippen molar-refractivity contribution < 1.29 is 4.74 Å².